The van der Waals surface area contributed by atoms with Gasteiger partial charge in [-0.25, -0.2) is 0 Å². The van der Waals surface area contributed by atoms with Crippen LogP contribution in [-0.2, 0) is 0 Å². The number of hydrogen-bond acceptors (Lipinski definition) is 1. The van der Waals surface area contributed by atoms with Gasteiger partial charge in [0.1, 0.15) is 0 Å². The van der Waals surface area contributed by atoms with E-state index in [2.05, 4.69) is 217 Å². The minimum Gasteiger partial charge on any atom is -0.310 e. The lowest BCUT2D eigenvalue weighted by molar-refractivity contribution is 1.28. The lowest BCUT2D eigenvalue weighted by Gasteiger charge is -2.28. The van der Waals surface area contributed by atoms with Crippen LogP contribution in [0.5, 0.6) is 0 Å². The Balaban J connectivity index is 1.13. The first kappa shape index (κ1) is 30.4. The van der Waals surface area contributed by atoms with Crippen molar-refractivity contribution in [2.45, 2.75) is 0 Å². The van der Waals surface area contributed by atoms with Crippen LogP contribution in [0, 0.1) is 0 Å². The van der Waals surface area contributed by atoms with Crippen molar-refractivity contribution >= 4 is 38.6 Å². The van der Waals surface area contributed by atoms with Crippen molar-refractivity contribution in [1.82, 2.24) is 0 Å². The maximum Gasteiger partial charge on any atom is 0.0540 e. The molecule has 9 rings (SSSR count). The van der Waals surface area contributed by atoms with Gasteiger partial charge in [0.05, 0.1) is 5.69 Å². The van der Waals surface area contributed by atoms with Gasteiger partial charge in [0.15, 0.2) is 0 Å². The third-order valence-corrected chi connectivity index (χ3v) is 9.89. The van der Waals surface area contributed by atoms with Crippen molar-refractivity contribution < 1.29 is 0 Å². The molecule has 0 aliphatic rings. The number of fused-ring (bicyclic) bond motifs is 3. The molecule has 0 fully saturated rings. The molecular formula is C50H35N. The summed E-state index contributed by atoms with van der Waals surface area (Å²) in [5, 5.41) is 5.08. The predicted molar refractivity (Wildman–Crippen MR) is 218 cm³/mol. The molecule has 0 aliphatic heterocycles. The van der Waals surface area contributed by atoms with Crippen molar-refractivity contribution in [2.75, 3.05) is 4.90 Å². The molecule has 0 N–H and O–H groups in total. The second kappa shape index (κ2) is 13.3. The molecule has 0 radical (unpaired) electrons. The lowest BCUT2D eigenvalue weighted by atomic mass is 9.93. The van der Waals surface area contributed by atoms with E-state index in [1.165, 1.54) is 66.1 Å². The van der Waals surface area contributed by atoms with Crippen LogP contribution in [0.1, 0.15) is 0 Å². The Morgan fingerprint density at radius 2 is 0.667 bits per heavy atom. The molecular weight excluding hydrogens is 615 g/mol. The summed E-state index contributed by atoms with van der Waals surface area (Å²) in [5.74, 6) is 0. The maximum atomic E-state index is 2.38. The van der Waals surface area contributed by atoms with E-state index in [-0.39, 0.29) is 0 Å². The molecule has 0 heterocycles. The number of hydrogen-bond donors (Lipinski definition) is 0. The highest BCUT2D eigenvalue weighted by Crippen LogP contribution is 2.42. The first-order valence-electron chi connectivity index (χ1n) is 17.5. The van der Waals surface area contributed by atoms with Crippen LogP contribution < -0.4 is 4.90 Å². The van der Waals surface area contributed by atoms with Crippen LogP contribution in [-0.4, -0.2) is 0 Å². The normalized spacial score (nSPS) is 11.1. The quantitative estimate of drug-likeness (QED) is 0.155. The molecule has 0 bridgehead atoms. The van der Waals surface area contributed by atoms with E-state index in [1.807, 2.05) is 0 Å². The van der Waals surface area contributed by atoms with Gasteiger partial charge in [-0.05, 0) is 96.9 Å². The second-order valence-electron chi connectivity index (χ2n) is 12.9. The van der Waals surface area contributed by atoms with Gasteiger partial charge in [0, 0.05) is 16.9 Å². The van der Waals surface area contributed by atoms with Crippen molar-refractivity contribution in [1.29, 1.82) is 0 Å². The molecule has 1 heteroatoms. The summed E-state index contributed by atoms with van der Waals surface area (Å²) in [6.07, 6.45) is 0. The number of benzene rings is 9. The fraction of sp³-hybridized carbons (Fsp3) is 0. The molecule has 0 saturated carbocycles. The smallest absolute Gasteiger partial charge is 0.0540 e. The molecule has 0 unspecified atom stereocenters. The van der Waals surface area contributed by atoms with Gasteiger partial charge in [0.2, 0.25) is 0 Å². The number of anilines is 3. The standard InChI is InChI=1S/C50H35N/c1-3-13-36(14-4-1)37-23-25-38(26-24-37)39-27-31-43(32-28-39)51(50-22-12-11-19-46(50)40-15-5-2-6-16-40)44-33-29-41(30-34-44)49-35-42-17-7-8-18-45(42)47-20-9-10-21-48(47)49/h1-35H. The molecule has 240 valence electrons. The zero-order valence-electron chi connectivity index (χ0n) is 28.2. The fourth-order valence-electron chi connectivity index (χ4n) is 7.33. The molecule has 0 aromatic heterocycles. The average Bonchev–Trinajstić information content (AvgIpc) is 3.22. The van der Waals surface area contributed by atoms with Crippen LogP contribution in [0.25, 0.3) is 66.1 Å². The summed E-state index contributed by atoms with van der Waals surface area (Å²) in [6.45, 7) is 0. The highest BCUT2D eigenvalue weighted by atomic mass is 15.1. The van der Waals surface area contributed by atoms with Crippen molar-refractivity contribution in [2.24, 2.45) is 0 Å². The molecule has 1 nitrogen and oxygen atoms in total. The van der Waals surface area contributed by atoms with Crippen LogP contribution in [0.3, 0.4) is 0 Å². The van der Waals surface area contributed by atoms with Gasteiger partial charge in [-0.15, -0.1) is 0 Å². The monoisotopic (exact) mass is 649 g/mol. The molecule has 0 saturated heterocycles. The van der Waals surface area contributed by atoms with Gasteiger partial charge in [0.25, 0.3) is 0 Å². The summed E-state index contributed by atoms with van der Waals surface area (Å²) < 4.78 is 0. The van der Waals surface area contributed by atoms with E-state index >= 15 is 0 Å². The first-order chi connectivity index (χ1) is 25.3. The van der Waals surface area contributed by atoms with Crippen LogP contribution in [0.4, 0.5) is 17.1 Å². The molecule has 0 amide bonds. The Labute approximate surface area is 299 Å². The Morgan fingerprint density at radius 3 is 1.29 bits per heavy atom. The van der Waals surface area contributed by atoms with Crippen molar-refractivity contribution in [3.05, 3.63) is 212 Å². The molecule has 9 aromatic carbocycles. The van der Waals surface area contributed by atoms with E-state index in [0.717, 1.165) is 17.1 Å². The largest absolute Gasteiger partial charge is 0.310 e. The zero-order chi connectivity index (χ0) is 34.0. The molecule has 9 aromatic rings. The highest BCUT2D eigenvalue weighted by molar-refractivity contribution is 6.13. The average molecular weight is 650 g/mol. The molecule has 0 spiro atoms. The summed E-state index contributed by atoms with van der Waals surface area (Å²) in [4.78, 5) is 2.38. The van der Waals surface area contributed by atoms with Gasteiger partial charge in [-0.2, -0.15) is 0 Å². The number of rotatable bonds is 7. The van der Waals surface area contributed by atoms with Gasteiger partial charge in [-0.1, -0.05) is 176 Å². The molecule has 0 aliphatic carbocycles. The van der Waals surface area contributed by atoms with Gasteiger partial charge < -0.3 is 4.90 Å². The van der Waals surface area contributed by atoms with Crippen LogP contribution in [0.2, 0.25) is 0 Å². The number of para-hydroxylation sites is 1. The predicted octanol–water partition coefficient (Wildman–Crippen LogP) is 14.1. The fourth-order valence-corrected chi connectivity index (χ4v) is 7.33. The van der Waals surface area contributed by atoms with E-state index in [9.17, 15) is 0 Å². The Morgan fingerprint density at radius 1 is 0.255 bits per heavy atom. The Hall–Kier alpha value is -6.70. The third-order valence-electron chi connectivity index (χ3n) is 9.89. The summed E-state index contributed by atoms with van der Waals surface area (Å²) >= 11 is 0. The van der Waals surface area contributed by atoms with E-state index in [1.54, 1.807) is 0 Å². The number of nitrogens with zero attached hydrogens (tertiary/aromatic N) is 1. The molecule has 51 heavy (non-hydrogen) atoms. The topological polar surface area (TPSA) is 3.24 Å². The lowest BCUT2D eigenvalue weighted by Crippen LogP contribution is -2.11. The van der Waals surface area contributed by atoms with Crippen LogP contribution >= 0.6 is 0 Å². The van der Waals surface area contributed by atoms with Crippen molar-refractivity contribution in [3.8, 4) is 44.5 Å². The minimum absolute atomic E-state index is 1.10. The highest BCUT2D eigenvalue weighted by Gasteiger charge is 2.18. The van der Waals surface area contributed by atoms with Crippen LogP contribution in [0.15, 0.2) is 212 Å². The van der Waals surface area contributed by atoms with Gasteiger partial charge in [-0.3, -0.25) is 0 Å². The summed E-state index contributed by atoms with van der Waals surface area (Å²) in [7, 11) is 0. The third kappa shape index (κ3) is 5.86. The second-order valence-corrected chi connectivity index (χ2v) is 12.9. The van der Waals surface area contributed by atoms with Crippen molar-refractivity contribution in [3.63, 3.8) is 0 Å². The van der Waals surface area contributed by atoms with E-state index in [4.69, 9.17) is 0 Å². The zero-order valence-corrected chi connectivity index (χ0v) is 28.2. The molecule has 0 atom stereocenters. The minimum atomic E-state index is 1.10. The van der Waals surface area contributed by atoms with E-state index in [0.29, 0.717) is 0 Å². The first-order valence-corrected chi connectivity index (χ1v) is 17.5. The SMILES string of the molecule is c1ccc(-c2ccc(-c3ccc(N(c4ccc(-c5cc6ccccc6c6ccccc56)cc4)c4ccccc4-c4ccccc4)cc3)cc2)cc1. The summed E-state index contributed by atoms with van der Waals surface area (Å²) in [6, 6.07) is 76.5. The maximum absolute atomic E-state index is 2.38. The Bertz CT molecular complexity index is 2590. The van der Waals surface area contributed by atoms with E-state index < -0.39 is 0 Å². The summed E-state index contributed by atoms with van der Waals surface area (Å²) in [5.41, 5.74) is 13.0. The Kier molecular flexibility index (Phi) is 7.92. The van der Waals surface area contributed by atoms with Gasteiger partial charge >= 0.3 is 0 Å².